The first kappa shape index (κ1) is 15.8. The fourth-order valence-electron chi connectivity index (χ4n) is 2.95. The van der Waals surface area contributed by atoms with Gasteiger partial charge in [-0.1, -0.05) is 6.07 Å². The Bertz CT molecular complexity index is 698. The van der Waals surface area contributed by atoms with Crippen LogP contribution in [0.2, 0.25) is 0 Å². The number of hydrogen-bond acceptors (Lipinski definition) is 5. The molecule has 22 heavy (non-hydrogen) atoms. The minimum Gasteiger partial charge on any atom is -0.468 e. The van der Waals surface area contributed by atoms with Gasteiger partial charge in [-0.15, -0.1) is 0 Å². The molecule has 0 radical (unpaired) electrons. The molecular formula is C15H18BrNO4S. The second-order valence-electron chi connectivity index (χ2n) is 5.88. The van der Waals surface area contributed by atoms with Crippen LogP contribution in [0.15, 0.2) is 22.7 Å². The lowest BCUT2D eigenvalue weighted by molar-refractivity contribution is -0.143. The van der Waals surface area contributed by atoms with E-state index in [9.17, 15) is 13.2 Å². The van der Waals surface area contributed by atoms with Crippen molar-refractivity contribution in [1.82, 2.24) is 0 Å². The summed E-state index contributed by atoms with van der Waals surface area (Å²) in [6.45, 7) is 1.00. The molecule has 120 valence electrons. The van der Waals surface area contributed by atoms with Gasteiger partial charge in [0.1, 0.15) is 0 Å². The molecule has 0 bridgehead atoms. The summed E-state index contributed by atoms with van der Waals surface area (Å²) in [5.41, 5.74) is 1.44. The van der Waals surface area contributed by atoms with Gasteiger partial charge in [-0.3, -0.25) is 4.79 Å². The molecule has 0 atom stereocenters. The van der Waals surface area contributed by atoms with E-state index in [0.717, 1.165) is 28.6 Å². The molecule has 0 unspecified atom stereocenters. The number of hydrogen-bond donors (Lipinski definition) is 0. The molecule has 0 aromatic heterocycles. The lowest BCUT2D eigenvalue weighted by atomic mass is 9.96. The van der Waals surface area contributed by atoms with E-state index in [1.165, 1.54) is 7.11 Å². The molecule has 7 heteroatoms. The molecule has 2 fully saturated rings. The second-order valence-corrected chi connectivity index (χ2v) is 9.04. The van der Waals surface area contributed by atoms with Crippen molar-refractivity contribution in [2.45, 2.75) is 18.3 Å². The first-order valence-corrected chi connectivity index (χ1v) is 9.83. The van der Waals surface area contributed by atoms with Crippen molar-refractivity contribution >= 4 is 37.4 Å². The number of anilines is 1. The third-order valence-electron chi connectivity index (χ3n) is 4.51. The summed E-state index contributed by atoms with van der Waals surface area (Å²) in [5.74, 6) is 0.192. The highest BCUT2D eigenvalue weighted by molar-refractivity contribution is 9.10. The quantitative estimate of drug-likeness (QED) is 0.740. The zero-order valence-electron chi connectivity index (χ0n) is 12.3. The van der Waals surface area contributed by atoms with E-state index in [0.29, 0.717) is 13.1 Å². The topological polar surface area (TPSA) is 63.7 Å². The third kappa shape index (κ3) is 2.76. The van der Waals surface area contributed by atoms with Crippen molar-refractivity contribution < 1.29 is 17.9 Å². The highest BCUT2D eigenvalue weighted by Gasteiger charge is 2.52. The molecule has 1 aromatic carbocycles. The van der Waals surface area contributed by atoms with Crippen molar-refractivity contribution in [2.75, 3.05) is 36.6 Å². The zero-order valence-corrected chi connectivity index (χ0v) is 14.7. The number of esters is 1. The summed E-state index contributed by atoms with van der Waals surface area (Å²) in [7, 11) is -1.47. The molecule has 5 nitrogen and oxygen atoms in total. The molecule has 0 N–H and O–H groups in total. The summed E-state index contributed by atoms with van der Waals surface area (Å²) >= 11 is 3.56. The van der Waals surface area contributed by atoms with E-state index in [2.05, 4.69) is 20.8 Å². The Kier molecular flexibility index (Phi) is 3.97. The average Bonchev–Trinajstić information content (AvgIpc) is 3.28. The van der Waals surface area contributed by atoms with Gasteiger partial charge in [-0.05, 0) is 46.5 Å². The molecule has 0 amide bonds. The summed E-state index contributed by atoms with van der Waals surface area (Å²) in [5, 5.41) is 0. The SMILES string of the molecule is COC(=O)C1(c2ccc(N3CCS(=O)(=O)CC3)c(Br)c2)CC1. The maximum Gasteiger partial charge on any atom is 0.316 e. The summed E-state index contributed by atoms with van der Waals surface area (Å²) in [6, 6.07) is 5.87. The highest BCUT2D eigenvalue weighted by Crippen LogP contribution is 2.50. The molecule has 1 aromatic rings. The number of nitrogens with zero attached hydrogens (tertiary/aromatic N) is 1. The number of benzene rings is 1. The van der Waals surface area contributed by atoms with Crippen LogP contribution in [0.25, 0.3) is 0 Å². The van der Waals surface area contributed by atoms with Crippen LogP contribution < -0.4 is 4.90 Å². The van der Waals surface area contributed by atoms with Gasteiger partial charge in [0, 0.05) is 17.6 Å². The third-order valence-corrected chi connectivity index (χ3v) is 6.76. The number of rotatable bonds is 3. The largest absolute Gasteiger partial charge is 0.468 e. The van der Waals surface area contributed by atoms with Gasteiger partial charge in [0.15, 0.2) is 9.84 Å². The summed E-state index contributed by atoms with van der Waals surface area (Å²) in [6.07, 6.45) is 1.63. The minimum absolute atomic E-state index is 0.184. The van der Waals surface area contributed by atoms with Crippen LogP contribution in [0.3, 0.4) is 0 Å². The van der Waals surface area contributed by atoms with Crippen molar-refractivity contribution in [3.8, 4) is 0 Å². The highest BCUT2D eigenvalue weighted by atomic mass is 79.9. The molecule has 1 saturated heterocycles. The Morgan fingerprint density at radius 2 is 1.91 bits per heavy atom. The fourth-order valence-corrected chi connectivity index (χ4v) is 4.78. The Morgan fingerprint density at radius 3 is 2.41 bits per heavy atom. The number of methoxy groups -OCH3 is 1. The van der Waals surface area contributed by atoms with E-state index >= 15 is 0 Å². The van der Waals surface area contributed by atoms with Crippen LogP contribution in [0.5, 0.6) is 0 Å². The van der Waals surface area contributed by atoms with Crippen LogP contribution in [-0.2, 0) is 24.8 Å². The van der Waals surface area contributed by atoms with Crippen LogP contribution in [0, 0.1) is 0 Å². The predicted octanol–water partition coefficient (Wildman–Crippen LogP) is 1.89. The van der Waals surface area contributed by atoms with Gasteiger partial charge >= 0.3 is 5.97 Å². The summed E-state index contributed by atoms with van der Waals surface area (Å²) < 4.78 is 28.8. The van der Waals surface area contributed by atoms with Crippen molar-refractivity contribution in [1.29, 1.82) is 0 Å². The minimum atomic E-state index is -2.89. The summed E-state index contributed by atoms with van der Waals surface area (Å²) in [4.78, 5) is 14.0. The molecular weight excluding hydrogens is 370 g/mol. The molecule has 1 heterocycles. The van der Waals surface area contributed by atoms with Crippen LogP contribution in [0.1, 0.15) is 18.4 Å². The number of ether oxygens (including phenoxy) is 1. The Balaban J connectivity index is 1.83. The Labute approximate surface area is 138 Å². The van der Waals surface area contributed by atoms with E-state index in [1.807, 2.05) is 18.2 Å². The van der Waals surface area contributed by atoms with Gasteiger partial charge in [0.2, 0.25) is 0 Å². The Hall–Kier alpha value is -1.08. The van der Waals surface area contributed by atoms with Crippen molar-refractivity contribution in [3.05, 3.63) is 28.2 Å². The van der Waals surface area contributed by atoms with Crippen molar-refractivity contribution in [3.63, 3.8) is 0 Å². The maximum absolute atomic E-state index is 12.0. The van der Waals surface area contributed by atoms with Gasteiger partial charge < -0.3 is 9.64 Å². The molecule has 1 aliphatic heterocycles. The van der Waals surface area contributed by atoms with E-state index in [-0.39, 0.29) is 17.5 Å². The van der Waals surface area contributed by atoms with Gasteiger partial charge in [-0.2, -0.15) is 0 Å². The monoisotopic (exact) mass is 387 g/mol. The van der Waals surface area contributed by atoms with Gasteiger partial charge in [-0.25, -0.2) is 8.42 Å². The number of halogens is 1. The van der Waals surface area contributed by atoms with E-state index in [1.54, 1.807) is 0 Å². The zero-order chi connectivity index (χ0) is 16.0. The predicted molar refractivity (Wildman–Crippen MR) is 87.9 cm³/mol. The Morgan fingerprint density at radius 1 is 1.27 bits per heavy atom. The maximum atomic E-state index is 12.0. The average molecular weight is 388 g/mol. The fraction of sp³-hybridized carbons (Fsp3) is 0.533. The van der Waals surface area contributed by atoms with Crippen LogP contribution >= 0.6 is 15.9 Å². The van der Waals surface area contributed by atoms with Crippen LogP contribution in [0.4, 0.5) is 5.69 Å². The first-order valence-electron chi connectivity index (χ1n) is 7.22. The molecule has 1 aliphatic carbocycles. The van der Waals surface area contributed by atoms with E-state index < -0.39 is 15.3 Å². The first-order chi connectivity index (χ1) is 10.4. The van der Waals surface area contributed by atoms with Gasteiger partial charge in [0.05, 0.1) is 29.7 Å². The van der Waals surface area contributed by atoms with Crippen LogP contribution in [-0.4, -0.2) is 46.1 Å². The second kappa shape index (κ2) is 5.53. The lowest BCUT2D eigenvalue weighted by Gasteiger charge is -2.30. The molecule has 3 rings (SSSR count). The van der Waals surface area contributed by atoms with Gasteiger partial charge in [0.25, 0.3) is 0 Å². The number of carbonyl (C=O) groups excluding carboxylic acids is 1. The number of sulfone groups is 1. The smallest absolute Gasteiger partial charge is 0.316 e. The molecule has 0 spiro atoms. The molecule has 1 saturated carbocycles. The number of carbonyl (C=O) groups is 1. The standard InChI is InChI=1S/C15H18BrNO4S/c1-21-14(18)15(4-5-15)11-2-3-13(12(16)10-11)17-6-8-22(19,20)9-7-17/h2-3,10H,4-9H2,1H3. The molecule has 2 aliphatic rings. The lowest BCUT2D eigenvalue weighted by Crippen LogP contribution is -2.40. The van der Waals surface area contributed by atoms with Crippen molar-refractivity contribution in [2.24, 2.45) is 0 Å². The van der Waals surface area contributed by atoms with E-state index in [4.69, 9.17) is 4.74 Å². The normalized spacial score (nSPS) is 22.2.